The van der Waals surface area contributed by atoms with Gasteiger partial charge in [0.05, 0.1) is 18.3 Å². The van der Waals surface area contributed by atoms with Crippen molar-refractivity contribution >= 4 is 11.9 Å². The van der Waals surface area contributed by atoms with Gasteiger partial charge in [0.2, 0.25) is 12.1 Å². The number of hydrogen-bond acceptors (Lipinski definition) is 10. The third-order valence-corrected chi connectivity index (χ3v) is 12.0. The SMILES string of the molecule is CO[C@@H]1CCO[C@H]2O[C@H]3C=C4CC[C@@H]5[C@@H](CC[C@]6(C)[C@@H](C7=CC(=O)OC7)[C@@H](OC(C)=O)C[C@]56O)[C@@]4(C)C[C@H]3O[C@]21O. The van der Waals surface area contributed by atoms with Crippen LogP contribution in [0.4, 0.5) is 0 Å². The molecule has 7 rings (SSSR count). The molecule has 4 aliphatic carbocycles. The molecular formula is C31H42O10. The highest BCUT2D eigenvalue weighted by Crippen LogP contribution is 2.70. The number of carbonyl (C=O) groups excluding carboxylic acids is 2. The standard InChI is InChI=1S/C31H42O10/c1-16(32)39-23-14-30(34)20-6-5-18-12-21-22(41-31(35)24(36-4)8-10-37-27(31)40-21)13-28(18,2)19(20)7-9-29(30,3)26(23)17-11-25(33)38-15-17/h11-12,19-24,26-27,34-35H,5-10,13-15H2,1-4H3/t19-,20-,21+,22-,23+,24-,26+,27+,28+,29-,30+,31+/m1/s1. The first kappa shape index (κ1) is 28.0. The van der Waals surface area contributed by atoms with Crippen molar-refractivity contribution in [1.82, 2.24) is 0 Å². The summed E-state index contributed by atoms with van der Waals surface area (Å²) in [5.41, 5.74) is 0.167. The minimum absolute atomic E-state index is 0.0355. The van der Waals surface area contributed by atoms with E-state index < -0.39 is 35.3 Å². The quantitative estimate of drug-likeness (QED) is 0.383. The van der Waals surface area contributed by atoms with E-state index in [1.807, 2.05) is 0 Å². The van der Waals surface area contributed by atoms with E-state index in [9.17, 15) is 19.8 Å². The molecule has 0 radical (unpaired) electrons. The minimum Gasteiger partial charge on any atom is -0.462 e. The average Bonchev–Trinajstić information content (AvgIpc) is 3.42. The predicted molar refractivity (Wildman–Crippen MR) is 142 cm³/mol. The van der Waals surface area contributed by atoms with E-state index >= 15 is 0 Å². The van der Waals surface area contributed by atoms with Gasteiger partial charge in [0.25, 0.3) is 0 Å². The van der Waals surface area contributed by atoms with E-state index in [4.69, 9.17) is 28.4 Å². The van der Waals surface area contributed by atoms with Gasteiger partial charge in [-0.3, -0.25) is 4.79 Å². The van der Waals surface area contributed by atoms with Crippen LogP contribution in [-0.4, -0.2) is 84.6 Å². The van der Waals surface area contributed by atoms with Crippen molar-refractivity contribution in [2.45, 2.75) is 108 Å². The number of carbonyl (C=O) groups is 2. The second kappa shape index (κ2) is 9.34. The molecule has 3 saturated carbocycles. The lowest BCUT2D eigenvalue weighted by molar-refractivity contribution is -0.442. The van der Waals surface area contributed by atoms with E-state index in [1.165, 1.54) is 18.6 Å². The van der Waals surface area contributed by atoms with E-state index in [2.05, 4.69) is 19.9 Å². The molecule has 2 saturated heterocycles. The summed E-state index contributed by atoms with van der Waals surface area (Å²) in [7, 11) is 1.56. The van der Waals surface area contributed by atoms with Gasteiger partial charge in [0.1, 0.15) is 24.9 Å². The summed E-state index contributed by atoms with van der Waals surface area (Å²) in [5, 5.41) is 24.3. The lowest BCUT2D eigenvalue weighted by Gasteiger charge is -2.63. The van der Waals surface area contributed by atoms with Crippen LogP contribution in [0.1, 0.15) is 65.7 Å². The zero-order chi connectivity index (χ0) is 28.9. The molecule has 226 valence electrons. The highest BCUT2D eigenvalue weighted by atomic mass is 16.8. The Morgan fingerprint density at radius 1 is 1.12 bits per heavy atom. The number of esters is 2. The van der Waals surface area contributed by atoms with E-state index in [-0.39, 0.29) is 53.9 Å². The topological polar surface area (TPSA) is 130 Å². The highest BCUT2D eigenvalue weighted by molar-refractivity contribution is 5.85. The molecule has 2 N–H and O–H groups in total. The number of rotatable bonds is 3. The van der Waals surface area contributed by atoms with Crippen LogP contribution in [0.15, 0.2) is 23.3 Å². The lowest BCUT2D eigenvalue weighted by Crippen LogP contribution is -2.68. The summed E-state index contributed by atoms with van der Waals surface area (Å²) in [6.07, 6.45) is 5.69. The van der Waals surface area contributed by atoms with Crippen molar-refractivity contribution in [2.24, 2.45) is 28.6 Å². The minimum atomic E-state index is -1.68. The summed E-state index contributed by atoms with van der Waals surface area (Å²) in [4.78, 5) is 24.2. The van der Waals surface area contributed by atoms with E-state index in [1.54, 1.807) is 7.11 Å². The fourth-order valence-electron chi connectivity index (χ4n) is 10.2. The van der Waals surface area contributed by atoms with Crippen LogP contribution in [0.2, 0.25) is 0 Å². The smallest absolute Gasteiger partial charge is 0.331 e. The van der Waals surface area contributed by atoms with Crippen LogP contribution in [0.25, 0.3) is 0 Å². The number of fused-ring (bicyclic) bond motifs is 7. The second-order valence-corrected chi connectivity index (χ2v) is 13.8. The van der Waals surface area contributed by atoms with Crippen molar-refractivity contribution < 1.29 is 48.2 Å². The van der Waals surface area contributed by atoms with Crippen molar-refractivity contribution in [2.75, 3.05) is 20.3 Å². The molecule has 0 bridgehead atoms. The molecule has 7 aliphatic rings. The summed E-state index contributed by atoms with van der Waals surface area (Å²) in [5.74, 6) is -2.62. The molecule has 0 aromatic carbocycles. The molecule has 12 atom stereocenters. The highest BCUT2D eigenvalue weighted by Gasteiger charge is 2.71. The molecule has 5 fully saturated rings. The number of aliphatic hydroxyl groups is 2. The Labute approximate surface area is 240 Å². The van der Waals surface area contributed by atoms with Crippen molar-refractivity contribution in [3.63, 3.8) is 0 Å². The fourth-order valence-corrected chi connectivity index (χ4v) is 10.2. The third-order valence-electron chi connectivity index (χ3n) is 12.0. The first-order valence-corrected chi connectivity index (χ1v) is 15.1. The molecular weight excluding hydrogens is 532 g/mol. The number of allylic oxidation sites excluding steroid dienone is 1. The molecule has 0 aromatic heterocycles. The van der Waals surface area contributed by atoms with Crippen LogP contribution in [-0.2, 0) is 38.0 Å². The molecule has 10 nitrogen and oxygen atoms in total. The Hall–Kier alpha value is -1.82. The van der Waals surface area contributed by atoms with Crippen molar-refractivity contribution in [1.29, 1.82) is 0 Å². The molecule has 3 aliphatic heterocycles. The number of ether oxygens (including phenoxy) is 6. The van der Waals surface area contributed by atoms with Crippen LogP contribution < -0.4 is 0 Å². The Kier molecular flexibility index (Phi) is 6.37. The van der Waals surface area contributed by atoms with Crippen LogP contribution in [0.5, 0.6) is 0 Å². The summed E-state index contributed by atoms with van der Waals surface area (Å²) >= 11 is 0. The normalized spacial score (nSPS) is 52.1. The molecule has 0 spiro atoms. The predicted octanol–water partition coefficient (Wildman–Crippen LogP) is 2.55. The van der Waals surface area contributed by atoms with Gasteiger partial charge in [-0.05, 0) is 54.9 Å². The van der Waals surface area contributed by atoms with Crippen LogP contribution >= 0.6 is 0 Å². The van der Waals surface area contributed by atoms with Gasteiger partial charge in [-0.2, -0.15) is 0 Å². The zero-order valence-corrected chi connectivity index (χ0v) is 24.3. The lowest BCUT2D eigenvalue weighted by atomic mass is 9.45. The van der Waals surface area contributed by atoms with Gasteiger partial charge in [0, 0.05) is 44.3 Å². The van der Waals surface area contributed by atoms with Gasteiger partial charge in [-0.15, -0.1) is 0 Å². The van der Waals surface area contributed by atoms with Gasteiger partial charge in [-0.1, -0.05) is 25.5 Å². The molecule has 0 amide bonds. The Morgan fingerprint density at radius 3 is 2.63 bits per heavy atom. The van der Waals surface area contributed by atoms with Crippen molar-refractivity contribution in [3.05, 3.63) is 23.3 Å². The monoisotopic (exact) mass is 574 g/mol. The Balaban J connectivity index is 1.21. The van der Waals surface area contributed by atoms with Gasteiger partial charge in [-0.25, -0.2) is 4.79 Å². The van der Waals surface area contributed by atoms with Crippen LogP contribution in [0.3, 0.4) is 0 Å². The molecule has 10 heteroatoms. The van der Waals surface area contributed by atoms with Crippen LogP contribution in [0, 0.1) is 28.6 Å². The number of cyclic esters (lactones) is 1. The van der Waals surface area contributed by atoms with Crippen molar-refractivity contribution in [3.8, 4) is 0 Å². The maximum absolute atomic E-state index is 12.8. The largest absolute Gasteiger partial charge is 0.462 e. The fraction of sp³-hybridized carbons (Fsp3) is 0.806. The van der Waals surface area contributed by atoms with E-state index in [0.717, 1.165) is 31.3 Å². The molecule has 41 heavy (non-hydrogen) atoms. The number of methoxy groups -OCH3 is 1. The van der Waals surface area contributed by atoms with Gasteiger partial charge in [0.15, 0.2) is 0 Å². The summed E-state index contributed by atoms with van der Waals surface area (Å²) in [6, 6.07) is 0. The Bertz CT molecular complexity index is 1200. The Morgan fingerprint density at radius 2 is 1.93 bits per heavy atom. The summed E-state index contributed by atoms with van der Waals surface area (Å²) < 4.78 is 35.2. The molecule has 0 aromatic rings. The first-order chi connectivity index (χ1) is 19.4. The maximum atomic E-state index is 12.8. The third kappa shape index (κ3) is 3.83. The van der Waals surface area contributed by atoms with Gasteiger partial charge >= 0.3 is 11.9 Å². The summed E-state index contributed by atoms with van der Waals surface area (Å²) in [6.45, 7) is 6.36. The second-order valence-electron chi connectivity index (χ2n) is 13.8. The molecule has 0 unspecified atom stereocenters. The maximum Gasteiger partial charge on any atom is 0.331 e. The number of hydrogen-bond donors (Lipinski definition) is 2. The molecule has 3 heterocycles. The van der Waals surface area contributed by atoms with E-state index in [0.29, 0.717) is 25.9 Å². The first-order valence-electron chi connectivity index (χ1n) is 15.1. The average molecular weight is 575 g/mol. The zero-order valence-electron chi connectivity index (χ0n) is 24.3. The van der Waals surface area contributed by atoms with Gasteiger partial charge < -0.3 is 38.6 Å².